The first-order valence-corrected chi connectivity index (χ1v) is 10.1. The van der Waals surface area contributed by atoms with E-state index >= 15 is 0 Å². The highest BCUT2D eigenvalue weighted by molar-refractivity contribution is 6.74. The highest BCUT2D eigenvalue weighted by atomic mass is 35.5. The summed E-state index contributed by atoms with van der Waals surface area (Å²) in [6.45, 7) is 11.1. The number of esters is 1. The minimum atomic E-state index is -1.90. The van der Waals surface area contributed by atoms with E-state index in [0.717, 1.165) is 5.75 Å². The average Bonchev–Trinajstić information content (AvgIpc) is 2.34. The van der Waals surface area contributed by atoms with Gasteiger partial charge in [0.15, 0.2) is 0 Å². The fourth-order valence-electron chi connectivity index (χ4n) is 1.35. The minimum Gasteiger partial charge on any atom is -0.543 e. The second-order valence-electron chi connectivity index (χ2n) is 6.22. The number of alkyl halides is 1. The number of rotatable bonds is 5. The maximum absolute atomic E-state index is 11.8. The zero-order valence-corrected chi connectivity index (χ0v) is 14.6. The van der Waals surface area contributed by atoms with Crippen molar-refractivity contribution in [1.82, 2.24) is 0 Å². The molecule has 0 heterocycles. The van der Waals surface area contributed by atoms with Gasteiger partial charge in [-0.3, -0.25) is 0 Å². The van der Waals surface area contributed by atoms with E-state index in [0.29, 0.717) is 11.4 Å². The van der Waals surface area contributed by atoms with Crippen LogP contribution in [0.3, 0.4) is 0 Å². The normalized spacial score (nSPS) is 12.1. The number of ether oxygens (including phenoxy) is 1. The Balaban J connectivity index is 2.86. The molecule has 0 aliphatic carbocycles. The fraction of sp³-hybridized carbons (Fsp3) is 0.533. The van der Waals surface area contributed by atoms with Crippen molar-refractivity contribution in [2.24, 2.45) is 0 Å². The van der Waals surface area contributed by atoms with E-state index in [1.165, 1.54) is 0 Å². The number of carbonyl (C=O) groups is 1. The number of hydrogen-bond donors (Lipinski definition) is 0. The summed E-state index contributed by atoms with van der Waals surface area (Å²) in [6.07, 6.45) is 0. The zero-order valence-electron chi connectivity index (χ0n) is 12.8. The Morgan fingerprint density at radius 1 is 1.30 bits per heavy atom. The van der Waals surface area contributed by atoms with Gasteiger partial charge in [-0.1, -0.05) is 26.8 Å². The van der Waals surface area contributed by atoms with Crippen LogP contribution in [0.25, 0.3) is 0 Å². The smallest absolute Gasteiger partial charge is 0.338 e. The molecule has 0 atom stereocenters. The van der Waals surface area contributed by atoms with Gasteiger partial charge >= 0.3 is 5.97 Å². The van der Waals surface area contributed by atoms with Crippen LogP contribution in [0.4, 0.5) is 0 Å². The molecular formula is C15H23ClO3Si. The summed E-state index contributed by atoms with van der Waals surface area (Å²) >= 11 is 5.51. The van der Waals surface area contributed by atoms with Crippen LogP contribution in [-0.2, 0) is 4.74 Å². The molecule has 0 radical (unpaired) electrons. The molecule has 0 aromatic heterocycles. The van der Waals surface area contributed by atoms with E-state index in [9.17, 15) is 4.79 Å². The molecule has 1 aromatic rings. The molecule has 0 bridgehead atoms. The summed E-state index contributed by atoms with van der Waals surface area (Å²) in [5, 5.41) is 0.113. The summed E-state index contributed by atoms with van der Waals surface area (Å²) in [5.74, 6) is 0.648. The van der Waals surface area contributed by atoms with Gasteiger partial charge in [0.1, 0.15) is 12.4 Å². The Kier molecular flexibility index (Phi) is 5.65. The van der Waals surface area contributed by atoms with E-state index < -0.39 is 8.32 Å². The van der Waals surface area contributed by atoms with Crippen LogP contribution in [0, 0.1) is 0 Å². The first kappa shape index (κ1) is 17.0. The Bertz CT molecular complexity index is 466. The SMILES string of the molecule is CC(C)(C)[Si](C)(C)Oc1cccc(C(=O)OCCCl)c1. The second kappa shape index (κ2) is 6.63. The molecule has 112 valence electrons. The maximum atomic E-state index is 11.8. The lowest BCUT2D eigenvalue weighted by Crippen LogP contribution is -2.43. The quantitative estimate of drug-likeness (QED) is 0.457. The standard InChI is InChI=1S/C15H23ClO3Si/c1-15(2,3)20(4,5)19-13-8-6-7-12(11-13)14(17)18-10-9-16/h6-8,11H,9-10H2,1-5H3. The van der Waals surface area contributed by atoms with E-state index in [-0.39, 0.29) is 17.6 Å². The molecular weight excluding hydrogens is 292 g/mol. The summed E-state index contributed by atoms with van der Waals surface area (Å²) in [7, 11) is -1.90. The van der Waals surface area contributed by atoms with Crippen LogP contribution in [0.15, 0.2) is 24.3 Å². The molecule has 1 aromatic carbocycles. The van der Waals surface area contributed by atoms with Gasteiger partial charge in [-0.15, -0.1) is 11.6 Å². The summed E-state index contributed by atoms with van der Waals surface area (Å²) < 4.78 is 11.2. The van der Waals surface area contributed by atoms with Crippen LogP contribution in [0.5, 0.6) is 5.75 Å². The number of carbonyl (C=O) groups excluding carboxylic acids is 1. The van der Waals surface area contributed by atoms with E-state index in [4.69, 9.17) is 20.8 Å². The van der Waals surface area contributed by atoms with Crippen LogP contribution in [-0.4, -0.2) is 26.8 Å². The van der Waals surface area contributed by atoms with Gasteiger partial charge in [0.05, 0.1) is 11.4 Å². The van der Waals surface area contributed by atoms with Crippen molar-refractivity contribution < 1.29 is 14.0 Å². The summed E-state index contributed by atoms with van der Waals surface area (Å²) in [5.41, 5.74) is 0.492. The van der Waals surface area contributed by atoms with Crippen molar-refractivity contribution in [1.29, 1.82) is 0 Å². The van der Waals surface area contributed by atoms with Crippen LogP contribution >= 0.6 is 11.6 Å². The lowest BCUT2D eigenvalue weighted by Gasteiger charge is -2.36. The Morgan fingerprint density at radius 2 is 1.95 bits per heavy atom. The van der Waals surface area contributed by atoms with Gasteiger partial charge in [-0.25, -0.2) is 4.79 Å². The molecule has 0 amide bonds. The van der Waals surface area contributed by atoms with Crippen LogP contribution in [0.1, 0.15) is 31.1 Å². The van der Waals surface area contributed by atoms with Gasteiger partial charge in [0, 0.05) is 0 Å². The molecule has 0 aliphatic heterocycles. The molecule has 5 heteroatoms. The van der Waals surface area contributed by atoms with E-state index in [1.54, 1.807) is 18.2 Å². The third-order valence-electron chi connectivity index (χ3n) is 3.56. The van der Waals surface area contributed by atoms with Gasteiger partial charge in [-0.2, -0.15) is 0 Å². The number of halogens is 1. The summed E-state index contributed by atoms with van der Waals surface area (Å²) in [4.78, 5) is 11.8. The molecule has 0 saturated carbocycles. The van der Waals surface area contributed by atoms with Crippen molar-refractivity contribution in [3.63, 3.8) is 0 Å². The lowest BCUT2D eigenvalue weighted by atomic mass is 10.2. The van der Waals surface area contributed by atoms with E-state index in [1.807, 2.05) is 6.07 Å². The zero-order chi connectivity index (χ0) is 15.4. The molecule has 0 spiro atoms. The van der Waals surface area contributed by atoms with Gasteiger partial charge in [0.25, 0.3) is 0 Å². The first-order chi connectivity index (χ1) is 9.17. The second-order valence-corrected chi connectivity index (χ2v) is 11.3. The van der Waals surface area contributed by atoms with Crippen molar-refractivity contribution in [2.75, 3.05) is 12.5 Å². The van der Waals surface area contributed by atoms with Crippen molar-refractivity contribution in [3.8, 4) is 5.75 Å². The Labute approximate surface area is 127 Å². The molecule has 0 fully saturated rings. The first-order valence-electron chi connectivity index (χ1n) is 6.69. The Morgan fingerprint density at radius 3 is 2.50 bits per heavy atom. The van der Waals surface area contributed by atoms with Crippen molar-refractivity contribution >= 4 is 25.9 Å². The number of benzene rings is 1. The molecule has 0 aliphatic rings. The number of hydrogen-bond acceptors (Lipinski definition) is 3. The molecule has 0 N–H and O–H groups in total. The Hall–Kier alpha value is -1.00. The third kappa shape index (κ3) is 4.53. The van der Waals surface area contributed by atoms with E-state index in [2.05, 4.69) is 33.9 Å². The topological polar surface area (TPSA) is 35.5 Å². The highest BCUT2D eigenvalue weighted by Crippen LogP contribution is 2.37. The van der Waals surface area contributed by atoms with Gasteiger partial charge in [-0.05, 0) is 36.3 Å². The lowest BCUT2D eigenvalue weighted by molar-refractivity contribution is 0.0529. The van der Waals surface area contributed by atoms with Crippen molar-refractivity contribution in [3.05, 3.63) is 29.8 Å². The predicted molar refractivity (Wildman–Crippen MR) is 85.3 cm³/mol. The minimum absolute atomic E-state index is 0.113. The maximum Gasteiger partial charge on any atom is 0.338 e. The molecule has 0 saturated heterocycles. The molecule has 20 heavy (non-hydrogen) atoms. The van der Waals surface area contributed by atoms with Crippen LogP contribution < -0.4 is 4.43 Å². The van der Waals surface area contributed by atoms with Crippen molar-refractivity contribution in [2.45, 2.75) is 38.9 Å². The molecule has 1 rings (SSSR count). The summed E-state index contributed by atoms with van der Waals surface area (Å²) in [6, 6.07) is 7.13. The molecule has 3 nitrogen and oxygen atoms in total. The fourth-order valence-corrected chi connectivity index (χ4v) is 2.45. The molecule has 0 unspecified atom stereocenters. The highest BCUT2D eigenvalue weighted by Gasteiger charge is 2.39. The van der Waals surface area contributed by atoms with Crippen LogP contribution in [0.2, 0.25) is 18.1 Å². The monoisotopic (exact) mass is 314 g/mol. The third-order valence-corrected chi connectivity index (χ3v) is 8.07. The largest absolute Gasteiger partial charge is 0.543 e. The van der Waals surface area contributed by atoms with Gasteiger partial charge < -0.3 is 9.16 Å². The van der Waals surface area contributed by atoms with Gasteiger partial charge in [0.2, 0.25) is 8.32 Å². The predicted octanol–water partition coefficient (Wildman–Crippen LogP) is 4.47. The average molecular weight is 315 g/mol.